The Balaban J connectivity index is 4.29. The second kappa shape index (κ2) is 35.6. The Labute approximate surface area is 304 Å². The first-order valence-corrected chi connectivity index (χ1v) is 21.1. The summed E-state index contributed by atoms with van der Waals surface area (Å²) in [7, 11) is -4.39. The van der Waals surface area contributed by atoms with Gasteiger partial charge in [-0.15, -0.1) is 0 Å². The quantitative estimate of drug-likeness (QED) is 0.0187. The Morgan fingerprint density at radius 3 is 1.84 bits per heavy atom. The van der Waals surface area contributed by atoms with E-state index in [9.17, 15) is 24.2 Å². The van der Waals surface area contributed by atoms with Crippen LogP contribution in [0.4, 0.5) is 0 Å². The van der Waals surface area contributed by atoms with Crippen molar-refractivity contribution in [3.63, 3.8) is 0 Å². The van der Waals surface area contributed by atoms with E-state index in [1.54, 1.807) is 6.08 Å². The third-order valence-electron chi connectivity index (χ3n) is 8.14. The van der Waals surface area contributed by atoms with Crippen molar-refractivity contribution in [1.82, 2.24) is 0 Å². The van der Waals surface area contributed by atoms with Gasteiger partial charge in [-0.1, -0.05) is 153 Å². The maximum absolute atomic E-state index is 12.5. The Morgan fingerprint density at radius 2 is 1.26 bits per heavy atom. The molecule has 0 aliphatic carbocycles. The second-order valence-corrected chi connectivity index (χ2v) is 14.4. The molecule has 0 radical (unpaired) electrons. The number of aliphatic hydroxyl groups is 1. The number of phosphoric ester groups is 1. The number of carbonyl (C=O) groups is 2. The number of hydrogen-bond acceptors (Lipinski definition) is 9. The highest BCUT2D eigenvalue weighted by Gasteiger charge is 2.26. The van der Waals surface area contributed by atoms with Gasteiger partial charge in [-0.05, 0) is 32.1 Å². The van der Waals surface area contributed by atoms with Gasteiger partial charge in [-0.25, -0.2) is 4.57 Å². The molecule has 0 aromatic heterocycles. The number of ether oxygens (including phenoxy) is 2. The van der Waals surface area contributed by atoms with Crippen molar-refractivity contribution in [2.45, 2.75) is 174 Å². The highest BCUT2D eigenvalue weighted by atomic mass is 31.2. The summed E-state index contributed by atoms with van der Waals surface area (Å²) in [5.74, 6) is -0.904. The highest BCUT2D eigenvalue weighted by molar-refractivity contribution is 7.47. The van der Waals surface area contributed by atoms with Gasteiger partial charge in [-0.3, -0.25) is 18.6 Å². The van der Waals surface area contributed by atoms with Crippen LogP contribution in [0.3, 0.4) is 0 Å². The molecule has 0 heterocycles. The molecule has 3 atom stereocenters. The normalized spacial score (nSPS) is 14.4. The topological polar surface area (TPSA) is 155 Å². The van der Waals surface area contributed by atoms with Crippen LogP contribution in [0.2, 0.25) is 0 Å². The lowest BCUT2D eigenvalue weighted by Crippen LogP contribution is -2.29. The van der Waals surface area contributed by atoms with Gasteiger partial charge in [0.15, 0.2) is 6.10 Å². The Morgan fingerprint density at radius 1 is 0.700 bits per heavy atom. The average Bonchev–Trinajstić information content (AvgIpc) is 3.09. The molecule has 0 spiro atoms. The molecule has 0 fully saturated rings. The number of phosphoric acid groups is 1. The lowest BCUT2D eigenvalue weighted by molar-refractivity contribution is -0.161. The van der Waals surface area contributed by atoms with E-state index in [-0.39, 0.29) is 32.6 Å². The van der Waals surface area contributed by atoms with E-state index in [1.165, 1.54) is 57.8 Å². The van der Waals surface area contributed by atoms with E-state index >= 15 is 0 Å². The predicted octanol–water partition coefficient (Wildman–Crippen LogP) is 9.58. The van der Waals surface area contributed by atoms with Gasteiger partial charge in [0.1, 0.15) is 6.61 Å². The number of rotatable bonds is 36. The van der Waals surface area contributed by atoms with E-state index in [4.69, 9.17) is 24.3 Å². The monoisotopic (exact) mass is 729 g/mol. The van der Waals surface area contributed by atoms with Gasteiger partial charge in [0, 0.05) is 19.4 Å². The molecule has 2 unspecified atom stereocenters. The van der Waals surface area contributed by atoms with Crippen molar-refractivity contribution in [2.75, 3.05) is 26.4 Å². The minimum absolute atomic E-state index is 0.0395. The number of carbonyl (C=O) groups excluding carboxylic acids is 2. The van der Waals surface area contributed by atoms with Crippen LogP contribution in [-0.2, 0) is 32.7 Å². The summed E-state index contributed by atoms with van der Waals surface area (Å²) >= 11 is 0. The number of hydrogen-bond donors (Lipinski definition) is 3. The molecule has 0 aromatic carbocycles. The average molecular weight is 730 g/mol. The lowest BCUT2D eigenvalue weighted by atomic mass is 10.0. The van der Waals surface area contributed by atoms with E-state index < -0.39 is 38.6 Å². The van der Waals surface area contributed by atoms with Crippen molar-refractivity contribution >= 4 is 19.8 Å². The predicted molar refractivity (Wildman–Crippen MR) is 203 cm³/mol. The van der Waals surface area contributed by atoms with Crippen molar-refractivity contribution < 1.29 is 42.7 Å². The Bertz CT molecular complexity index is 941. The minimum atomic E-state index is -4.39. The maximum atomic E-state index is 12.5. The molecular formula is C39H72NO9P. The van der Waals surface area contributed by atoms with Crippen molar-refractivity contribution in [3.05, 3.63) is 36.5 Å². The molecule has 0 aliphatic rings. The molecule has 10 nitrogen and oxygen atoms in total. The number of aliphatic hydroxyl groups excluding tert-OH is 1. The zero-order valence-electron chi connectivity index (χ0n) is 31.5. The summed E-state index contributed by atoms with van der Waals surface area (Å²) in [6.45, 7) is 3.48. The van der Waals surface area contributed by atoms with Crippen LogP contribution in [-0.4, -0.2) is 60.5 Å². The smallest absolute Gasteiger partial charge is 0.462 e. The van der Waals surface area contributed by atoms with E-state index in [2.05, 4.69) is 32.1 Å². The number of esters is 2. The summed E-state index contributed by atoms with van der Waals surface area (Å²) in [6.07, 6.45) is 33.4. The number of unbranched alkanes of at least 4 members (excludes halogenated alkanes) is 16. The van der Waals surface area contributed by atoms with Crippen molar-refractivity contribution in [1.29, 1.82) is 0 Å². The maximum Gasteiger partial charge on any atom is 0.472 e. The van der Waals surface area contributed by atoms with Gasteiger partial charge < -0.3 is 25.2 Å². The van der Waals surface area contributed by atoms with Gasteiger partial charge >= 0.3 is 19.8 Å². The molecule has 11 heteroatoms. The van der Waals surface area contributed by atoms with E-state index in [0.29, 0.717) is 19.3 Å². The molecule has 292 valence electrons. The van der Waals surface area contributed by atoms with Crippen LogP contribution < -0.4 is 5.73 Å². The Kier molecular flexibility index (Phi) is 34.3. The summed E-state index contributed by atoms with van der Waals surface area (Å²) < 4.78 is 32.6. The molecule has 4 N–H and O–H groups in total. The zero-order chi connectivity index (χ0) is 37.0. The fourth-order valence-electron chi connectivity index (χ4n) is 5.23. The molecule has 0 aromatic rings. The van der Waals surface area contributed by atoms with Gasteiger partial charge in [0.05, 0.1) is 19.3 Å². The molecule has 0 rings (SSSR count). The molecule has 0 saturated heterocycles. The first kappa shape index (κ1) is 48.2. The number of nitrogens with two attached hydrogens (primary N) is 1. The second-order valence-electron chi connectivity index (χ2n) is 13.0. The molecular weight excluding hydrogens is 657 g/mol. The lowest BCUT2D eigenvalue weighted by Gasteiger charge is -2.19. The first-order valence-electron chi connectivity index (χ1n) is 19.6. The number of allylic oxidation sites excluding steroid dienone is 5. The van der Waals surface area contributed by atoms with Crippen LogP contribution in [0.15, 0.2) is 36.5 Å². The molecule has 0 aliphatic heterocycles. The first-order chi connectivity index (χ1) is 24.2. The largest absolute Gasteiger partial charge is 0.472 e. The van der Waals surface area contributed by atoms with Crippen LogP contribution in [0.1, 0.15) is 162 Å². The van der Waals surface area contributed by atoms with Gasteiger partial charge in [0.25, 0.3) is 0 Å². The van der Waals surface area contributed by atoms with Gasteiger partial charge in [-0.2, -0.15) is 0 Å². The third kappa shape index (κ3) is 34.6. The zero-order valence-corrected chi connectivity index (χ0v) is 32.4. The molecule has 0 saturated carbocycles. The SMILES string of the molecule is CC/C=C/C/C=C/C=C/C(O)CCCCCCCC(=O)OC[C@H](COP(=O)(O)OCCN)OC(=O)CCCCCCCCCCCCCCC. The van der Waals surface area contributed by atoms with Crippen LogP contribution in [0, 0.1) is 0 Å². The van der Waals surface area contributed by atoms with Crippen molar-refractivity contribution in [2.24, 2.45) is 5.73 Å². The molecule has 0 amide bonds. The molecule has 50 heavy (non-hydrogen) atoms. The standard InChI is InChI=1S/C39H72NO9P/c1-3-5-7-9-11-12-13-14-15-16-18-22-27-31-39(43)49-37(35-48-50(44,45)47-33-32-40)34-46-38(42)30-26-23-19-21-25-29-36(41)28-24-20-17-10-8-6-4-2/h6,8,17,20,24,28,36-37,41H,3-5,7,9-16,18-19,21-23,25-27,29-35,40H2,1-2H3,(H,44,45)/b8-6+,20-17+,28-24+/t36?,37-/m1/s1. The Hall–Kier alpha value is -1.81. The molecule has 0 bridgehead atoms. The van der Waals surface area contributed by atoms with E-state index in [0.717, 1.165) is 57.8 Å². The van der Waals surface area contributed by atoms with Crippen molar-refractivity contribution in [3.8, 4) is 0 Å². The third-order valence-corrected chi connectivity index (χ3v) is 9.13. The fourth-order valence-corrected chi connectivity index (χ4v) is 5.99. The van der Waals surface area contributed by atoms with Crippen LogP contribution in [0.5, 0.6) is 0 Å². The summed E-state index contributed by atoms with van der Waals surface area (Å²) in [6, 6.07) is 0. The summed E-state index contributed by atoms with van der Waals surface area (Å²) in [5, 5.41) is 10.1. The summed E-state index contributed by atoms with van der Waals surface area (Å²) in [5.41, 5.74) is 5.33. The van der Waals surface area contributed by atoms with E-state index in [1.807, 2.05) is 12.2 Å². The minimum Gasteiger partial charge on any atom is -0.462 e. The van der Waals surface area contributed by atoms with Crippen LogP contribution in [0.25, 0.3) is 0 Å². The van der Waals surface area contributed by atoms with Gasteiger partial charge in [0.2, 0.25) is 0 Å². The highest BCUT2D eigenvalue weighted by Crippen LogP contribution is 2.43. The van der Waals surface area contributed by atoms with Crippen LogP contribution >= 0.6 is 7.82 Å². The summed E-state index contributed by atoms with van der Waals surface area (Å²) in [4.78, 5) is 34.7. The fraction of sp³-hybridized carbons (Fsp3) is 0.795.